The Kier molecular flexibility index (Phi) is 4.92. The highest BCUT2D eigenvalue weighted by molar-refractivity contribution is 6.09. The monoisotopic (exact) mass is 344 g/mol. The second kappa shape index (κ2) is 6.28. The molecule has 2 saturated heterocycles. The van der Waals surface area contributed by atoms with Gasteiger partial charge in [0.15, 0.2) is 0 Å². The Hall–Kier alpha value is -1.34. The molecule has 3 rings (SSSR count). The zero-order valence-electron chi connectivity index (χ0n) is 13.8. The number of amides is 4. The number of hydrogen-bond acceptors (Lipinski definition) is 4. The number of carbonyl (C=O) groups is 3. The van der Waals surface area contributed by atoms with E-state index in [4.69, 9.17) is 0 Å². The van der Waals surface area contributed by atoms with Crippen molar-refractivity contribution in [3.8, 4) is 0 Å². The fourth-order valence-electron chi connectivity index (χ4n) is 3.43. The van der Waals surface area contributed by atoms with E-state index in [1.807, 2.05) is 13.8 Å². The van der Waals surface area contributed by atoms with Gasteiger partial charge in [0, 0.05) is 25.2 Å². The first kappa shape index (κ1) is 18.0. The molecule has 3 aliphatic rings. The number of rotatable bonds is 3. The summed E-state index contributed by atoms with van der Waals surface area (Å²) in [5.74, 6) is -0.212. The van der Waals surface area contributed by atoms with Crippen molar-refractivity contribution in [1.82, 2.24) is 20.4 Å². The van der Waals surface area contributed by atoms with Crippen LogP contribution >= 0.6 is 12.4 Å². The van der Waals surface area contributed by atoms with E-state index in [2.05, 4.69) is 10.6 Å². The molecule has 3 fully saturated rings. The molecule has 4 amide bonds. The molecule has 0 bridgehead atoms. The summed E-state index contributed by atoms with van der Waals surface area (Å²) in [7, 11) is 0. The first-order valence-electron chi connectivity index (χ1n) is 8.01. The first-order chi connectivity index (χ1) is 10.3. The molecule has 1 aliphatic carbocycles. The summed E-state index contributed by atoms with van der Waals surface area (Å²) in [6.45, 7) is 6.96. The number of imide groups is 1. The Bertz CT molecular complexity index is 525. The number of nitrogens with zero attached hydrogens (tertiary/aromatic N) is 2. The van der Waals surface area contributed by atoms with Gasteiger partial charge in [-0.2, -0.15) is 0 Å². The zero-order chi connectivity index (χ0) is 16.1. The lowest BCUT2D eigenvalue weighted by Crippen LogP contribution is -2.59. The van der Waals surface area contributed by atoms with Crippen molar-refractivity contribution >= 4 is 30.3 Å². The van der Waals surface area contributed by atoms with E-state index in [0.29, 0.717) is 6.54 Å². The molecule has 2 N–H and O–H groups in total. The van der Waals surface area contributed by atoms with Crippen LogP contribution in [0.5, 0.6) is 0 Å². The predicted molar refractivity (Wildman–Crippen MR) is 87.3 cm³/mol. The molecule has 0 aromatic carbocycles. The van der Waals surface area contributed by atoms with Crippen LogP contribution in [0.1, 0.15) is 33.6 Å². The van der Waals surface area contributed by atoms with E-state index in [-0.39, 0.29) is 48.8 Å². The van der Waals surface area contributed by atoms with Gasteiger partial charge in [-0.15, -0.1) is 12.4 Å². The quantitative estimate of drug-likeness (QED) is 0.723. The van der Waals surface area contributed by atoms with Crippen molar-refractivity contribution in [2.75, 3.05) is 19.6 Å². The number of urea groups is 1. The Labute approximate surface area is 142 Å². The standard InChI is InChI=1S/C15H24N4O3.ClH/c1-9-10(2)18(7-6-16-9)12(20)8-19-13(21)15(3,11-4-5-11)17-14(19)22;/h9-11,16H,4-8H2,1-3H3,(H,17,22);1H. The normalized spacial score (nSPS) is 34.2. The van der Waals surface area contributed by atoms with Crippen LogP contribution in [-0.4, -0.2) is 64.9 Å². The average Bonchev–Trinajstić information content (AvgIpc) is 3.28. The summed E-state index contributed by atoms with van der Waals surface area (Å²) in [5, 5.41) is 6.09. The van der Waals surface area contributed by atoms with Gasteiger partial charge in [-0.05, 0) is 39.5 Å². The maximum Gasteiger partial charge on any atom is 0.325 e. The molecule has 7 nitrogen and oxygen atoms in total. The van der Waals surface area contributed by atoms with Crippen LogP contribution in [0, 0.1) is 5.92 Å². The fourth-order valence-corrected chi connectivity index (χ4v) is 3.43. The minimum Gasteiger partial charge on any atom is -0.336 e. The second-order valence-corrected chi connectivity index (χ2v) is 6.87. The van der Waals surface area contributed by atoms with Gasteiger partial charge < -0.3 is 15.5 Å². The third kappa shape index (κ3) is 3.04. The molecule has 1 saturated carbocycles. The van der Waals surface area contributed by atoms with Crippen molar-refractivity contribution in [3.63, 3.8) is 0 Å². The van der Waals surface area contributed by atoms with E-state index < -0.39 is 11.6 Å². The van der Waals surface area contributed by atoms with Crippen LogP contribution in [-0.2, 0) is 9.59 Å². The van der Waals surface area contributed by atoms with Crippen LogP contribution in [0.4, 0.5) is 4.79 Å². The fraction of sp³-hybridized carbons (Fsp3) is 0.800. The molecule has 8 heteroatoms. The van der Waals surface area contributed by atoms with Crippen LogP contribution in [0.2, 0.25) is 0 Å². The minimum absolute atomic E-state index is 0. The van der Waals surface area contributed by atoms with Crippen LogP contribution in [0.25, 0.3) is 0 Å². The third-order valence-electron chi connectivity index (χ3n) is 5.34. The highest BCUT2D eigenvalue weighted by atomic mass is 35.5. The summed E-state index contributed by atoms with van der Waals surface area (Å²) in [6, 6.07) is -0.182. The van der Waals surface area contributed by atoms with Gasteiger partial charge in [0.1, 0.15) is 12.1 Å². The Balaban J connectivity index is 0.00000192. The smallest absolute Gasteiger partial charge is 0.325 e. The largest absolute Gasteiger partial charge is 0.336 e. The van der Waals surface area contributed by atoms with Crippen molar-refractivity contribution in [1.29, 1.82) is 0 Å². The van der Waals surface area contributed by atoms with Gasteiger partial charge in [-0.25, -0.2) is 4.79 Å². The molecule has 3 unspecified atom stereocenters. The van der Waals surface area contributed by atoms with Gasteiger partial charge in [0.25, 0.3) is 5.91 Å². The highest BCUT2D eigenvalue weighted by Gasteiger charge is 2.56. The van der Waals surface area contributed by atoms with E-state index in [9.17, 15) is 14.4 Å². The topological polar surface area (TPSA) is 81.8 Å². The molecule has 23 heavy (non-hydrogen) atoms. The van der Waals surface area contributed by atoms with Gasteiger partial charge in [-0.3, -0.25) is 14.5 Å². The Morgan fingerprint density at radius 3 is 2.57 bits per heavy atom. The van der Waals surface area contributed by atoms with E-state index >= 15 is 0 Å². The third-order valence-corrected chi connectivity index (χ3v) is 5.34. The van der Waals surface area contributed by atoms with Gasteiger partial charge in [-0.1, -0.05) is 0 Å². The molecule has 0 aromatic rings. The Morgan fingerprint density at radius 2 is 1.96 bits per heavy atom. The van der Waals surface area contributed by atoms with E-state index in [1.165, 1.54) is 0 Å². The summed E-state index contributed by atoms with van der Waals surface area (Å²) < 4.78 is 0. The molecular weight excluding hydrogens is 320 g/mol. The average molecular weight is 345 g/mol. The lowest BCUT2D eigenvalue weighted by atomic mass is 9.96. The first-order valence-corrected chi connectivity index (χ1v) is 8.01. The Morgan fingerprint density at radius 1 is 1.30 bits per heavy atom. The number of nitrogens with one attached hydrogen (secondary N) is 2. The van der Waals surface area contributed by atoms with Crippen molar-refractivity contribution in [2.24, 2.45) is 5.92 Å². The maximum atomic E-state index is 12.5. The van der Waals surface area contributed by atoms with Crippen LogP contribution < -0.4 is 10.6 Å². The molecular formula is C15H25ClN4O3. The van der Waals surface area contributed by atoms with Crippen molar-refractivity contribution in [2.45, 2.75) is 51.2 Å². The molecule has 0 radical (unpaired) electrons. The predicted octanol–water partition coefficient (Wildman–Crippen LogP) is 0.338. The van der Waals surface area contributed by atoms with Gasteiger partial charge >= 0.3 is 6.03 Å². The van der Waals surface area contributed by atoms with Gasteiger partial charge in [0.05, 0.1) is 0 Å². The molecule has 2 aliphatic heterocycles. The van der Waals surface area contributed by atoms with Gasteiger partial charge in [0.2, 0.25) is 5.91 Å². The SMILES string of the molecule is CC1NCCN(C(=O)CN2C(=O)NC(C)(C3CC3)C2=O)C1C.Cl. The summed E-state index contributed by atoms with van der Waals surface area (Å²) in [5.41, 5.74) is -0.820. The lowest BCUT2D eigenvalue weighted by molar-refractivity contribution is -0.141. The summed E-state index contributed by atoms with van der Waals surface area (Å²) in [4.78, 5) is 40.0. The molecule has 2 heterocycles. The minimum atomic E-state index is -0.820. The summed E-state index contributed by atoms with van der Waals surface area (Å²) >= 11 is 0. The van der Waals surface area contributed by atoms with E-state index in [1.54, 1.807) is 11.8 Å². The highest BCUT2D eigenvalue weighted by Crippen LogP contribution is 2.42. The van der Waals surface area contributed by atoms with Crippen LogP contribution in [0.3, 0.4) is 0 Å². The number of piperazine rings is 1. The lowest BCUT2D eigenvalue weighted by Gasteiger charge is -2.39. The van der Waals surface area contributed by atoms with Crippen molar-refractivity contribution < 1.29 is 14.4 Å². The number of halogens is 1. The zero-order valence-corrected chi connectivity index (χ0v) is 14.6. The van der Waals surface area contributed by atoms with E-state index in [0.717, 1.165) is 24.3 Å². The maximum absolute atomic E-state index is 12.5. The second-order valence-electron chi connectivity index (χ2n) is 6.87. The van der Waals surface area contributed by atoms with Crippen LogP contribution in [0.15, 0.2) is 0 Å². The molecule has 0 aromatic heterocycles. The summed E-state index contributed by atoms with van der Waals surface area (Å²) in [6.07, 6.45) is 1.91. The molecule has 130 valence electrons. The number of hydrogen-bond donors (Lipinski definition) is 2. The van der Waals surface area contributed by atoms with Crippen molar-refractivity contribution in [3.05, 3.63) is 0 Å². The number of carbonyl (C=O) groups excluding carboxylic acids is 3. The molecule has 0 spiro atoms. The molecule has 3 atom stereocenters.